The molecule has 2 aromatic rings. The Morgan fingerprint density at radius 1 is 1.00 bits per heavy atom. The highest BCUT2D eigenvalue weighted by atomic mass is 32.1. The normalized spacial score (nSPS) is 12.9. The molecule has 0 N–H and O–H groups in total. The average Bonchev–Trinajstić information content (AvgIpc) is 2.88. The first-order valence-electron chi connectivity index (χ1n) is 4.67. The SMILES string of the molecule is Cc1ccsc1.c1scc2c1OCCO2. The summed E-state index contributed by atoms with van der Waals surface area (Å²) in [7, 11) is 0. The van der Waals surface area contributed by atoms with Crippen molar-refractivity contribution in [3.8, 4) is 11.5 Å². The quantitative estimate of drug-likeness (QED) is 0.701. The second-order valence-corrected chi connectivity index (χ2v) is 4.62. The Morgan fingerprint density at radius 2 is 1.67 bits per heavy atom. The van der Waals surface area contributed by atoms with Gasteiger partial charge in [-0.2, -0.15) is 11.3 Å². The molecule has 0 radical (unpaired) electrons. The Morgan fingerprint density at radius 3 is 2.07 bits per heavy atom. The Hall–Kier alpha value is -1.00. The minimum atomic E-state index is 0.684. The van der Waals surface area contributed by atoms with Crippen molar-refractivity contribution < 1.29 is 9.47 Å². The van der Waals surface area contributed by atoms with Crippen molar-refractivity contribution in [3.05, 3.63) is 33.2 Å². The molecule has 15 heavy (non-hydrogen) atoms. The predicted octanol–water partition coefficient (Wildman–Crippen LogP) is 3.58. The molecule has 0 bridgehead atoms. The van der Waals surface area contributed by atoms with Gasteiger partial charge in [0.25, 0.3) is 0 Å². The average molecular weight is 240 g/mol. The summed E-state index contributed by atoms with van der Waals surface area (Å²) in [5, 5.41) is 8.11. The maximum atomic E-state index is 5.25. The second-order valence-electron chi connectivity index (χ2n) is 3.10. The van der Waals surface area contributed by atoms with Crippen molar-refractivity contribution in [1.82, 2.24) is 0 Å². The number of hydrogen-bond donors (Lipinski definition) is 0. The molecule has 0 aliphatic carbocycles. The first kappa shape index (κ1) is 10.5. The molecule has 1 aliphatic heterocycles. The van der Waals surface area contributed by atoms with E-state index in [2.05, 4.69) is 23.8 Å². The van der Waals surface area contributed by atoms with Crippen LogP contribution in [0, 0.1) is 6.92 Å². The molecule has 2 nitrogen and oxygen atoms in total. The Kier molecular flexibility index (Phi) is 3.64. The van der Waals surface area contributed by atoms with Gasteiger partial charge in [0.1, 0.15) is 13.2 Å². The monoisotopic (exact) mass is 240 g/mol. The van der Waals surface area contributed by atoms with Gasteiger partial charge in [0.15, 0.2) is 11.5 Å². The van der Waals surface area contributed by atoms with Gasteiger partial charge in [0.2, 0.25) is 0 Å². The standard InChI is InChI=1S/C6H6O2S.C5H6S/c1-2-8-6-4-9-3-5(6)7-1;1-5-2-3-6-4-5/h3-4H,1-2H2;2-4H,1H3. The smallest absolute Gasteiger partial charge is 0.172 e. The molecule has 80 valence electrons. The van der Waals surface area contributed by atoms with Gasteiger partial charge in [0, 0.05) is 10.8 Å². The largest absolute Gasteiger partial charge is 0.485 e. The van der Waals surface area contributed by atoms with Crippen molar-refractivity contribution in [2.75, 3.05) is 13.2 Å². The lowest BCUT2D eigenvalue weighted by molar-refractivity contribution is 0.173. The molecule has 0 saturated carbocycles. The molecule has 4 heteroatoms. The fourth-order valence-electron chi connectivity index (χ4n) is 1.12. The van der Waals surface area contributed by atoms with E-state index in [4.69, 9.17) is 9.47 Å². The van der Waals surface area contributed by atoms with Crippen LogP contribution in [-0.4, -0.2) is 13.2 Å². The van der Waals surface area contributed by atoms with Gasteiger partial charge in [-0.25, -0.2) is 0 Å². The van der Waals surface area contributed by atoms with E-state index in [9.17, 15) is 0 Å². The molecule has 0 unspecified atom stereocenters. The van der Waals surface area contributed by atoms with Crippen LogP contribution in [0.2, 0.25) is 0 Å². The summed E-state index contributed by atoms with van der Waals surface area (Å²) in [6, 6.07) is 2.10. The lowest BCUT2D eigenvalue weighted by Gasteiger charge is -2.13. The first-order chi connectivity index (χ1) is 7.36. The Bertz CT molecular complexity index is 372. The van der Waals surface area contributed by atoms with Crippen molar-refractivity contribution in [3.63, 3.8) is 0 Å². The van der Waals surface area contributed by atoms with E-state index in [1.165, 1.54) is 5.56 Å². The van der Waals surface area contributed by atoms with Crippen LogP contribution in [0.1, 0.15) is 5.56 Å². The summed E-state index contributed by atoms with van der Waals surface area (Å²) in [6.45, 7) is 3.46. The third-order valence-corrected chi connectivity index (χ3v) is 3.36. The van der Waals surface area contributed by atoms with Gasteiger partial charge in [-0.15, -0.1) is 11.3 Å². The molecular formula is C11H12O2S2. The van der Waals surface area contributed by atoms with E-state index in [0.717, 1.165) is 11.5 Å². The van der Waals surface area contributed by atoms with Crippen LogP contribution < -0.4 is 9.47 Å². The van der Waals surface area contributed by atoms with Gasteiger partial charge < -0.3 is 9.47 Å². The molecular weight excluding hydrogens is 228 g/mol. The summed E-state index contributed by atoms with van der Waals surface area (Å²) in [5.41, 5.74) is 1.36. The van der Waals surface area contributed by atoms with Crippen LogP contribution in [0.4, 0.5) is 0 Å². The van der Waals surface area contributed by atoms with E-state index in [1.54, 1.807) is 22.7 Å². The molecule has 0 atom stereocenters. The Balaban J connectivity index is 0.000000124. The van der Waals surface area contributed by atoms with Crippen LogP contribution in [0.15, 0.2) is 27.6 Å². The number of thiophene rings is 2. The third kappa shape index (κ3) is 2.97. The molecule has 0 aromatic carbocycles. The molecule has 1 aliphatic rings. The van der Waals surface area contributed by atoms with E-state index < -0.39 is 0 Å². The summed E-state index contributed by atoms with van der Waals surface area (Å²) >= 11 is 3.34. The van der Waals surface area contributed by atoms with Gasteiger partial charge in [-0.3, -0.25) is 0 Å². The summed E-state index contributed by atoms with van der Waals surface area (Å²) < 4.78 is 10.5. The predicted molar refractivity (Wildman–Crippen MR) is 64.4 cm³/mol. The van der Waals surface area contributed by atoms with Crippen LogP contribution in [0.3, 0.4) is 0 Å². The zero-order valence-electron chi connectivity index (χ0n) is 8.43. The van der Waals surface area contributed by atoms with Crippen LogP contribution >= 0.6 is 22.7 Å². The highest BCUT2D eigenvalue weighted by Crippen LogP contribution is 2.33. The maximum Gasteiger partial charge on any atom is 0.172 e. The lowest BCUT2D eigenvalue weighted by Crippen LogP contribution is -2.13. The van der Waals surface area contributed by atoms with Crippen molar-refractivity contribution in [1.29, 1.82) is 0 Å². The minimum Gasteiger partial charge on any atom is -0.485 e. The molecule has 0 fully saturated rings. The van der Waals surface area contributed by atoms with Crippen molar-refractivity contribution in [2.45, 2.75) is 6.92 Å². The fraction of sp³-hybridized carbons (Fsp3) is 0.273. The van der Waals surface area contributed by atoms with Gasteiger partial charge >= 0.3 is 0 Å². The summed E-state index contributed by atoms with van der Waals surface area (Å²) in [4.78, 5) is 0. The van der Waals surface area contributed by atoms with Crippen LogP contribution in [0.5, 0.6) is 11.5 Å². The summed E-state index contributed by atoms with van der Waals surface area (Å²) in [5.74, 6) is 1.79. The molecule has 2 aromatic heterocycles. The minimum absolute atomic E-state index is 0.684. The first-order valence-corrected chi connectivity index (χ1v) is 6.55. The highest BCUT2D eigenvalue weighted by molar-refractivity contribution is 7.08. The maximum absolute atomic E-state index is 5.25. The van der Waals surface area contributed by atoms with Crippen molar-refractivity contribution in [2.24, 2.45) is 0 Å². The molecule has 0 amide bonds. The van der Waals surface area contributed by atoms with Crippen LogP contribution in [-0.2, 0) is 0 Å². The zero-order chi connectivity index (χ0) is 10.5. The number of rotatable bonds is 0. The second kappa shape index (κ2) is 5.19. The number of aryl methyl sites for hydroxylation is 1. The molecule has 3 heterocycles. The number of fused-ring (bicyclic) bond motifs is 1. The topological polar surface area (TPSA) is 18.5 Å². The summed E-state index contributed by atoms with van der Waals surface area (Å²) in [6.07, 6.45) is 0. The molecule has 3 rings (SSSR count). The van der Waals surface area contributed by atoms with Crippen molar-refractivity contribution >= 4 is 22.7 Å². The van der Waals surface area contributed by atoms with Gasteiger partial charge in [-0.05, 0) is 29.3 Å². The Labute approximate surface area is 97.1 Å². The van der Waals surface area contributed by atoms with Crippen LogP contribution in [0.25, 0.3) is 0 Å². The van der Waals surface area contributed by atoms with Gasteiger partial charge in [0.05, 0.1) is 0 Å². The lowest BCUT2D eigenvalue weighted by atomic mass is 10.4. The van der Waals surface area contributed by atoms with E-state index >= 15 is 0 Å². The molecule has 0 saturated heterocycles. The van der Waals surface area contributed by atoms with E-state index in [0.29, 0.717) is 13.2 Å². The fourth-order valence-corrected chi connectivity index (χ4v) is 2.47. The third-order valence-electron chi connectivity index (χ3n) is 1.85. The van der Waals surface area contributed by atoms with E-state index in [-0.39, 0.29) is 0 Å². The number of ether oxygens (including phenoxy) is 2. The zero-order valence-corrected chi connectivity index (χ0v) is 10.1. The number of hydrogen-bond acceptors (Lipinski definition) is 4. The molecule has 0 spiro atoms. The van der Waals surface area contributed by atoms with E-state index in [1.807, 2.05) is 10.8 Å². The highest BCUT2D eigenvalue weighted by Gasteiger charge is 2.10. The van der Waals surface area contributed by atoms with Gasteiger partial charge in [-0.1, -0.05) is 0 Å².